The van der Waals surface area contributed by atoms with Gasteiger partial charge in [-0.25, -0.2) is 13.1 Å². The zero-order valence-corrected chi connectivity index (χ0v) is 22.3. The standard InChI is InChI=1S/C24H35NO2S3Si/c1-31(2,3)18-17-30(26,27)25-23(19-21-11-6-4-7-12-21)20-24(28-15-10-16-29-24)22-13-8-5-9-14-22/h4-9,11-14,23,25H,10,15-20H2,1-3H3/t23-/m0/s1. The topological polar surface area (TPSA) is 46.2 Å². The molecule has 1 fully saturated rings. The zero-order chi connectivity index (χ0) is 22.4. The molecule has 1 saturated heterocycles. The molecular weight excluding hydrogens is 459 g/mol. The van der Waals surface area contributed by atoms with E-state index >= 15 is 0 Å². The van der Waals surface area contributed by atoms with Crippen molar-refractivity contribution < 1.29 is 8.42 Å². The third-order valence-corrected chi connectivity index (χ3v) is 12.5. The van der Waals surface area contributed by atoms with Crippen LogP contribution in [0.15, 0.2) is 60.7 Å². The molecule has 0 spiro atoms. The van der Waals surface area contributed by atoms with Crippen molar-refractivity contribution >= 4 is 41.6 Å². The first-order valence-corrected chi connectivity index (χ1v) is 18.4. The lowest BCUT2D eigenvalue weighted by Crippen LogP contribution is -2.43. The normalized spacial score (nSPS) is 17.9. The van der Waals surface area contributed by atoms with Crippen LogP contribution in [-0.2, 0) is 20.5 Å². The highest BCUT2D eigenvalue weighted by molar-refractivity contribution is 8.18. The SMILES string of the molecule is C[Si](C)(C)CCS(=O)(=O)N[C@@H](Cc1ccccc1)CC1(c2ccccc2)SCCCS1. The maximum Gasteiger partial charge on any atom is 0.211 e. The smallest absolute Gasteiger partial charge is 0.211 e. The second kappa shape index (κ2) is 10.9. The molecule has 0 amide bonds. The lowest BCUT2D eigenvalue weighted by Gasteiger charge is -2.39. The lowest BCUT2D eigenvalue weighted by atomic mass is 9.99. The first-order valence-electron chi connectivity index (χ1n) is 11.0. The summed E-state index contributed by atoms with van der Waals surface area (Å²) in [7, 11) is -4.76. The van der Waals surface area contributed by atoms with Crippen molar-refractivity contribution in [1.29, 1.82) is 0 Å². The summed E-state index contributed by atoms with van der Waals surface area (Å²) in [5, 5.41) is 0. The van der Waals surface area contributed by atoms with Crippen LogP contribution in [0.1, 0.15) is 24.0 Å². The highest BCUT2D eigenvalue weighted by Gasteiger charge is 2.39. The number of hydrogen-bond acceptors (Lipinski definition) is 4. The van der Waals surface area contributed by atoms with Crippen LogP contribution < -0.4 is 4.72 Å². The molecule has 2 aromatic rings. The Bertz CT molecular complexity index is 909. The van der Waals surface area contributed by atoms with E-state index in [1.54, 1.807) is 0 Å². The lowest BCUT2D eigenvalue weighted by molar-refractivity contribution is 0.511. The summed E-state index contributed by atoms with van der Waals surface area (Å²) in [5.41, 5.74) is 2.47. The van der Waals surface area contributed by atoms with E-state index in [0.717, 1.165) is 24.0 Å². The van der Waals surface area contributed by atoms with Gasteiger partial charge in [-0.15, -0.1) is 23.5 Å². The predicted molar refractivity (Wildman–Crippen MR) is 141 cm³/mol. The van der Waals surface area contributed by atoms with Crippen LogP contribution in [0, 0.1) is 0 Å². The Balaban J connectivity index is 1.86. The van der Waals surface area contributed by atoms with Gasteiger partial charge in [0.15, 0.2) is 0 Å². The summed E-state index contributed by atoms with van der Waals surface area (Å²) in [6.45, 7) is 6.68. The predicted octanol–water partition coefficient (Wildman–Crippen LogP) is 5.97. The van der Waals surface area contributed by atoms with Gasteiger partial charge in [0, 0.05) is 14.1 Å². The van der Waals surface area contributed by atoms with Gasteiger partial charge in [0.05, 0.1) is 9.83 Å². The molecule has 0 aromatic heterocycles. The zero-order valence-electron chi connectivity index (χ0n) is 18.8. The molecule has 3 rings (SSSR count). The molecule has 1 aliphatic heterocycles. The Morgan fingerprint density at radius 2 is 1.55 bits per heavy atom. The molecule has 0 aliphatic carbocycles. The molecule has 1 N–H and O–H groups in total. The van der Waals surface area contributed by atoms with Crippen LogP contribution >= 0.6 is 23.5 Å². The Labute approximate surface area is 198 Å². The minimum Gasteiger partial charge on any atom is -0.212 e. The summed E-state index contributed by atoms with van der Waals surface area (Å²) >= 11 is 3.96. The summed E-state index contributed by atoms with van der Waals surface area (Å²) < 4.78 is 29.1. The van der Waals surface area contributed by atoms with Crippen LogP contribution in [0.3, 0.4) is 0 Å². The van der Waals surface area contributed by atoms with E-state index in [4.69, 9.17) is 0 Å². The Morgan fingerprint density at radius 1 is 0.968 bits per heavy atom. The summed E-state index contributed by atoms with van der Waals surface area (Å²) in [6, 6.07) is 21.6. The molecule has 1 atom stereocenters. The molecule has 0 unspecified atom stereocenters. The number of hydrogen-bond donors (Lipinski definition) is 1. The number of rotatable bonds is 10. The minimum absolute atomic E-state index is 0.111. The second-order valence-electron chi connectivity index (χ2n) is 9.51. The van der Waals surface area contributed by atoms with E-state index in [9.17, 15) is 8.42 Å². The molecular formula is C24H35NO2S3Si. The third-order valence-electron chi connectivity index (χ3n) is 5.48. The van der Waals surface area contributed by atoms with Gasteiger partial charge < -0.3 is 0 Å². The number of sulfonamides is 1. The maximum atomic E-state index is 13.1. The molecule has 0 saturated carbocycles. The third kappa shape index (κ3) is 7.97. The summed E-state index contributed by atoms with van der Waals surface area (Å²) in [5.74, 6) is 2.46. The van der Waals surface area contributed by atoms with Crippen molar-refractivity contribution in [3.63, 3.8) is 0 Å². The fourth-order valence-electron chi connectivity index (χ4n) is 3.80. The molecule has 0 radical (unpaired) electrons. The van der Waals surface area contributed by atoms with E-state index in [0.29, 0.717) is 6.42 Å². The van der Waals surface area contributed by atoms with Gasteiger partial charge in [-0.2, -0.15) is 0 Å². The Kier molecular flexibility index (Phi) is 8.77. The monoisotopic (exact) mass is 493 g/mol. The minimum atomic E-state index is -3.33. The van der Waals surface area contributed by atoms with Gasteiger partial charge in [0.25, 0.3) is 0 Å². The molecule has 170 valence electrons. The molecule has 0 bridgehead atoms. The molecule has 2 aromatic carbocycles. The molecule has 7 heteroatoms. The van der Waals surface area contributed by atoms with Crippen molar-refractivity contribution in [3.8, 4) is 0 Å². The fourth-order valence-corrected chi connectivity index (χ4v) is 11.6. The fraction of sp³-hybridized carbons (Fsp3) is 0.500. The number of nitrogens with one attached hydrogen (secondary N) is 1. The number of thioether (sulfide) groups is 2. The van der Waals surface area contributed by atoms with Crippen molar-refractivity contribution in [3.05, 3.63) is 71.8 Å². The molecule has 1 aliphatic rings. The number of benzene rings is 2. The van der Waals surface area contributed by atoms with E-state index < -0.39 is 18.1 Å². The molecule has 1 heterocycles. The quantitative estimate of drug-likeness (QED) is 0.414. The Hall–Kier alpha value is -0.733. The average molecular weight is 494 g/mol. The van der Waals surface area contributed by atoms with Crippen molar-refractivity contribution in [2.45, 2.75) is 55.1 Å². The largest absolute Gasteiger partial charge is 0.212 e. The molecule has 3 nitrogen and oxygen atoms in total. The maximum absolute atomic E-state index is 13.1. The van der Waals surface area contributed by atoms with E-state index in [1.165, 1.54) is 17.5 Å². The first-order chi connectivity index (χ1) is 14.7. The highest BCUT2D eigenvalue weighted by Crippen LogP contribution is 2.53. The van der Waals surface area contributed by atoms with Crippen molar-refractivity contribution in [2.75, 3.05) is 17.3 Å². The van der Waals surface area contributed by atoms with Gasteiger partial charge in [-0.3, -0.25) is 0 Å². The average Bonchev–Trinajstić information content (AvgIpc) is 2.74. The van der Waals surface area contributed by atoms with Crippen molar-refractivity contribution in [2.24, 2.45) is 0 Å². The van der Waals surface area contributed by atoms with Crippen LogP contribution in [0.5, 0.6) is 0 Å². The first kappa shape index (κ1) is 24.9. The van der Waals surface area contributed by atoms with E-state index in [2.05, 4.69) is 66.8 Å². The molecule has 31 heavy (non-hydrogen) atoms. The summed E-state index contributed by atoms with van der Waals surface area (Å²) in [6.07, 6.45) is 2.70. The highest BCUT2D eigenvalue weighted by atomic mass is 32.2. The van der Waals surface area contributed by atoms with Crippen LogP contribution in [0.2, 0.25) is 25.7 Å². The van der Waals surface area contributed by atoms with Crippen LogP contribution in [0.25, 0.3) is 0 Å². The summed E-state index contributed by atoms with van der Waals surface area (Å²) in [4.78, 5) is 0. The van der Waals surface area contributed by atoms with Gasteiger partial charge in [-0.05, 0) is 47.9 Å². The van der Waals surface area contributed by atoms with Crippen LogP contribution in [-0.4, -0.2) is 39.8 Å². The Morgan fingerprint density at radius 3 is 2.13 bits per heavy atom. The second-order valence-corrected chi connectivity index (χ2v) is 20.0. The van der Waals surface area contributed by atoms with Gasteiger partial charge in [0.1, 0.15) is 0 Å². The van der Waals surface area contributed by atoms with Crippen LogP contribution in [0.4, 0.5) is 0 Å². The van der Waals surface area contributed by atoms with E-state index in [1.807, 2.05) is 41.7 Å². The van der Waals surface area contributed by atoms with Gasteiger partial charge in [-0.1, -0.05) is 80.3 Å². The van der Waals surface area contributed by atoms with E-state index in [-0.39, 0.29) is 15.9 Å². The van der Waals surface area contributed by atoms with Crippen molar-refractivity contribution in [1.82, 2.24) is 4.72 Å². The van der Waals surface area contributed by atoms with Gasteiger partial charge >= 0.3 is 0 Å². The van der Waals surface area contributed by atoms with Gasteiger partial charge in [0.2, 0.25) is 10.0 Å².